The Hall–Kier alpha value is -2.40. The number of carbonyl (C=O) groups is 2. The molecule has 0 spiro atoms. The van der Waals surface area contributed by atoms with Gasteiger partial charge in [-0.1, -0.05) is 46.4 Å². The standard InChI is InChI=1S/C17H13Cl2F2IN2O3.C17H15Cl2F2IN2O3/c18-10-5-8(22)1-2-12(10)23-15-9(6-11(19)13(20)14(15)21)16(26)24-27-17(7-25)3-4-17;1-17(2,7-25)27-24-16(26)9-6-11(19)13(20)14(21)15(9)23-12-4-3-8(22)5-10(12)18/h1-2,5-6,23,25H,3-4,7H2,(H,24,26);3-6,23,25H,7H2,1-2H3,(H,24,26). The Morgan fingerprint density at radius 2 is 1.15 bits per heavy atom. The van der Waals surface area contributed by atoms with E-state index in [0.717, 1.165) is 19.3 Å². The van der Waals surface area contributed by atoms with Gasteiger partial charge in [0.15, 0.2) is 23.3 Å². The molecule has 6 N–H and O–H groups in total. The molecule has 10 nitrogen and oxygen atoms in total. The molecule has 5 rings (SSSR count). The molecule has 0 radical (unpaired) electrons. The molecule has 4 aromatic carbocycles. The summed E-state index contributed by atoms with van der Waals surface area (Å²) in [6.45, 7) is 2.40. The molecule has 54 heavy (non-hydrogen) atoms. The van der Waals surface area contributed by atoms with Crippen molar-refractivity contribution in [2.24, 2.45) is 0 Å². The normalized spacial score (nSPS) is 13.1. The van der Waals surface area contributed by atoms with Gasteiger partial charge in [-0.2, -0.15) is 0 Å². The van der Waals surface area contributed by atoms with Gasteiger partial charge in [0.1, 0.15) is 11.2 Å². The summed E-state index contributed by atoms with van der Waals surface area (Å²) in [6.07, 6.45) is 1.15. The number of hydrogen-bond donors (Lipinski definition) is 6. The highest BCUT2D eigenvalue weighted by Crippen LogP contribution is 2.39. The average molecular weight is 1060 g/mol. The van der Waals surface area contributed by atoms with Crippen molar-refractivity contribution in [2.75, 3.05) is 23.8 Å². The van der Waals surface area contributed by atoms with E-state index in [1.165, 1.54) is 13.8 Å². The van der Waals surface area contributed by atoms with Crippen LogP contribution in [0.4, 0.5) is 40.3 Å². The van der Waals surface area contributed by atoms with Gasteiger partial charge in [-0.25, -0.2) is 28.5 Å². The maximum absolute atomic E-state index is 14.5. The number of amides is 2. The predicted octanol–water partition coefficient (Wildman–Crippen LogP) is 9.86. The van der Waals surface area contributed by atoms with Crippen LogP contribution in [0.5, 0.6) is 0 Å². The van der Waals surface area contributed by atoms with Gasteiger partial charge in [0, 0.05) is 7.14 Å². The van der Waals surface area contributed by atoms with Crippen LogP contribution in [0.2, 0.25) is 20.1 Å². The Morgan fingerprint density at radius 3 is 1.52 bits per heavy atom. The topological polar surface area (TPSA) is 141 Å². The van der Waals surface area contributed by atoms with E-state index in [4.69, 9.17) is 61.2 Å². The number of benzene rings is 4. The highest BCUT2D eigenvalue weighted by molar-refractivity contribution is 14.1. The second-order valence-electron chi connectivity index (χ2n) is 12.1. The van der Waals surface area contributed by atoms with Gasteiger partial charge in [-0.15, -0.1) is 0 Å². The summed E-state index contributed by atoms with van der Waals surface area (Å²) in [5.41, 5.74) is 1.42. The van der Waals surface area contributed by atoms with Crippen LogP contribution in [0.3, 0.4) is 0 Å². The molecule has 2 amide bonds. The van der Waals surface area contributed by atoms with Crippen LogP contribution in [-0.4, -0.2) is 46.4 Å². The van der Waals surface area contributed by atoms with E-state index in [-0.39, 0.29) is 45.8 Å². The number of hydroxylamine groups is 2. The van der Waals surface area contributed by atoms with Crippen molar-refractivity contribution in [3.8, 4) is 0 Å². The lowest BCUT2D eigenvalue weighted by Crippen LogP contribution is -2.38. The first-order valence-corrected chi connectivity index (χ1v) is 19.0. The van der Waals surface area contributed by atoms with Gasteiger partial charge in [0.2, 0.25) is 0 Å². The lowest BCUT2D eigenvalue weighted by atomic mass is 10.1. The number of aliphatic hydroxyl groups excluding tert-OH is 2. The van der Waals surface area contributed by atoms with Crippen LogP contribution in [0.25, 0.3) is 0 Å². The van der Waals surface area contributed by atoms with Crippen LogP contribution in [-0.2, 0) is 9.68 Å². The molecular weight excluding hydrogens is 1030 g/mol. The summed E-state index contributed by atoms with van der Waals surface area (Å²) in [5.74, 6) is -7.02. The fourth-order valence-electron chi connectivity index (χ4n) is 4.16. The van der Waals surface area contributed by atoms with Crippen molar-refractivity contribution in [3.05, 3.63) is 110 Å². The van der Waals surface area contributed by atoms with Gasteiger partial charge in [-0.3, -0.25) is 19.3 Å². The molecule has 1 saturated carbocycles. The quantitative estimate of drug-likeness (QED) is 0.0357. The molecule has 1 fully saturated rings. The lowest BCUT2D eigenvalue weighted by Gasteiger charge is -2.22. The fourth-order valence-corrected chi connectivity index (χ4v) is 6.35. The van der Waals surface area contributed by atoms with Crippen LogP contribution in [0.15, 0.2) is 48.5 Å². The molecule has 20 heteroatoms. The first-order chi connectivity index (χ1) is 25.3. The maximum atomic E-state index is 14.5. The molecule has 0 aliphatic heterocycles. The van der Waals surface area contributed by atoms with Crippen LogP contribution in [0.1, 0.15) is 47.4 Å². The second-order valence-corrected chi connectivity index (χ2v) is 16.3. The summed E-state index contributed by atoms with van der Waals surface area (Å²) in [5, 5.41) is 23.0. The molecule has 0 atom stereocenters. The largest absolute Gasteiger partial charge is 0.393 e. The Labute approximate surface area is 353 Å². The van der Waals surface area contributed by atoms with Gasteiger partial charge in [0.05, 0.1) is 67.2 Å². The third-order valence-corrected chi connectivity index (χ3v) is 9.97. The summed E-state index contributed by atoms with van der Waals surface area (Å²) < 4.78 is 58.6. The van der Waals surface area contributed by atoms with Crippen molar-refractivity contribution in [1.82, 2.24) is 11.0 Å². The molecule has 0 aromatic heterocycles. The van der Waals surface area contributed by atoms with Crippen molar-refractivity contribution >= 4 is 126 Å². The van der Waals surface area contributed by atoms with E-state index >= 15 is 0 Å². The molecule has 0 bridgehead atoms. The molecule has 0 heterocycles. The smallest absolute Gasteiger partial charge is 0.277 e. The Balaban J connectivity index is 0.000000241. The minimum atomic E-state index is -1.34. The van der Waals surface area contributed by atoms with E-state index in [1.54, 1.807) is 36.4 Å². The second kappa shape index (κ2) is 18.7. The maximum Gasteiger partial charge on any atom is 0.277 e. The number of aliphatic hydroxyl groups is 2. The van der Waals surface area contributed by atoms with Gasteiger partial charge >= 0.3 is 0 Å². The van der Waals surface area contributed by atoms with Crippen molar-refractivity contribution < 1.29 is 47.0 Å². The highest BCUT2D eigenvalue weighted by Gasteiger charge is 2.45. The zero-order valence-electron chi connectivity index (χ0n) is 27.8. The number of anilines is 4. The highest BCUT2D eigenvalue weighted by atomic mass is 127. The minimum Gasteiger partial charge on any atom is -0.393 e. The van der Waals surface area contributed by atoms with E-state index in [9.17, 15) is 32.3 Å². The number of halogens is 10. The number of hydrogen-bond acceptors (Lipinski definition) is 8. The fraction of sp³-hybridized carbons (Fsp3) is 0.235. The van der Waals surface area contributed by atoms with Crippen LogP contribution < -0.4 is 21.6 Å². The number of rotatable bonds is 12. The zero-order valence-corrected chi connectivity index (χ0v) is 35.1. The van der Waals surface area contributed by atoms with Crippen LogP contribution in [0, 0.1) is 30.4 Å². The van der Waals surface area contributed by atoms with E-state index in [1.807, 2.05) is 45.2 Å². The Bertz CT molecular complexity index is 1950. The predicted molar refractivity (Wildman–Crippen MR) is 215 cm³/mol. The third-order valence-electron chi connectivity index (χ3n) is 7.45. The molecule has 4 aromatic rings. The van der Waals surface area contributed by atoms with E-state index < -0.39 is 67.7 Å². The molecule has 290 valence electrons. The third kappa shape index (κ3) is 11.1. The van der Waals surface area contributed by atoms with Crippen molar-refractivity contribution in [1.29, 1.82) is 0 Å². The van der Waals surface area contributed by atoms with Crippen molar-refractivity contribution in [2.45, 2.75) is 37.9 Å². The molecule has 0 unspecified atom stereocenters. The lowest BCUT2D eigenvalue weighted by molar-refractivity contribution is -0.0956. The Morgan fingerprint density at radius 1 is 0.722 bits per heavy atom. The van der Waals surface area contributed by atoms with Gasteiger partial charge in [-0.05, 0) is 120 Å². The minimum absolute atomic E-state index is 0.251. The SMILES string of the molecule is CC(C)(CO)ONC(=O)c1cc(Cl)c(F)c(F)c1Nc1ccc(I)cc1Cl.O=C(NOC1(CO)CC1)c1cc(Cl)c(F)c(F)c1Nc1ccc(I)cc1Cl. The first kappa shape index (κ1) is 44.3. The summed E-state index contributed by atoms with van der Waals surface area (Å²) in [6, 6.07) is 11.7. The van der Waals surface area contributed by atoms with Gasteiger partial charge < -0.3 is 20.8 Å². The van der Waals surface area contributed by atoms with E-state index in [2.05, 4.69) is 21.6 Å². The Kier molecular flexibility index (Phi) is 15.3. The first-order valence-electron chi connectivity index (χ1n) is 15.3. The summed E-state index contributed by atoms with van der Waals surface area (Å²) >= 11 is 27.7. The van der Waals surface area contributed by atoms with Crippen LogP contribution >= 0.6 is 91.6 Å². The number of carbonyl (C=O) groups excluding carboxylic acids is 2. The zero-order chi connectivity index (χ0) is 40.1. The molecule has 0 saturated heterocycles. The molecule has 1 aliphatic carbocycles. The summed E-state index contributed by atoms with van der Waals surface area (Å²) in [7, 11) is 0. The molecular formula is C34H28Cl4F4I2N4O6. The van der Waals surface area contributed by atoms with Crippen molar-refractivity contribution in [3.63, 3.8) is 0 Å². The van der Waals surface area contributed by atoms with Gasteiger partial charge in [0.25, 0.3) is 11.8 Å². The summed E-state index contributed by atoms with van der Waals surface area (Å²) in [4.78, 5) is 35.2. The average Bonchev–Trinajstić information content (AvgIpc) is 3.92. The molecule has 1 aliphatic rings. The monoisotopic (exact) mass is 1060 g/mol. The number of nitrogens with one attached hydrogen (secondary N) is 4. The van der Waals surface area contributed by atoms with E-state index in [0.29, 0.717) is 12.8 Å².